The number of rotatable bonds is 14. The van der Waals surface area contributed by atoms with Crippen molar-refractivity contribution in [2.24, 2.45) is 0 Å². The summed E-state index contributed by atoms with van der Waals surface area (Å²) in [6.45, 7) is 23.6. The van der Waals surface area contributed by atoms with Gasteiger partial charge in [-0.05, 0) is 90.1 Å². The van der Waals surface area contributed by atoms with E-state index < -0.39 is 17.7 Å². The monoisotopic (exact) mass is 694 g/mol. The molecular weight excluding hydrogens is 640 g/mol. The van der Waals surface area contributed by atoms with E-state index in [0.717, 1.165) is 59.6 Å². The maximum atomic E-state index is 13.4. The van der Waals surface area contributed by atoms with Gasteiger partial charge < -0.3 is 23.8 Å². The molecule has 5 rings (SSSR count). The molecule has 2 aromatic heterocycles. The number of hydrogen-bond donors (Lipinski definition) is 0. The predicted molar refractivity (Wildman–Crippen MR) is 204 cm³/mol. The standard InChI is InChI=1S/C42H54N4O5/c1-11-15-28(4)50-35-19-18-30(13-3)25-33(35)31-16-14-17-32(26-31)34-27-36-43-29(5)37(38(40(47)48-10)51-41(6,7)8)39(46(36)44-34)45-22-20-42(9,21-23-45)49-24-12-2/h11-12,14,16-19,25-28,38H,1-2,13,15,20-24H2,3-10H3. The van der Waals surface area contributed by atoms with Gasteiger partial charge in [-0.2, -0.15) is 9.61 Å². The number of fused-ring (bicyclic) bond motifs is 1. The molecule has 0 radical (unpaired) electrons. The van der Waals surface area contributed by atoms with E-state index in [1.165, 1.54) is 12.7 Å². The van der Waals surface area contributed by atoms with E-state index >= 15 is 0 Å². The number of benzene rings is 2. The largest absolute Gasteiger partial charge is 0.490 e. The number of hydrogen-bond acceptors (Lipinski definition) is 8. The number of esters is 1. The highest BCUT2D eigenvalue weighted by Gasteiger charge is 2.38. The smallest absolute Gasteiger partial charge is 0.339 e. The van der Waals surface area contributed by atoms with Crippen molar-refractivity contribution in [3.63, 3.8) is 0 Å². The van der Waals surface area contributed by atoms with Gasteiger partial charge in [-0.3, -0.25) is 0 Å². The summed E-state index contributed by atoms with van der Waals surface area (Å²) in [5.74, 6) is 1.12. The van der Waals surface area contributed by atoms with Crippen LogP contribution in [0, 0.1) is 6.92 Å². The predicted octanol–water partition coefficient (Wildman–Crippen LogP) is 8.87. The molecule has 4 aromatic rings. The zero-order valence-corrected chi connectivity index (χ0v) is 31.6. The van der Waals surface area contributed by atoms with E-state index in [4.69, 9.17) is 29.0 Å². The van der Waals surface area contributed by atoms with E-state index in [1.54, 1.807) is 6.08 Å². The van der Waals surface area contributed by atoms with Crippen LogP contribution in [0.1, 0.15) is 83.7 Å². The highest BCUT2D eigenvalue weighted by molar-refractivity contribution is 5.81. The number of anilines is 1. The summed E-state index contributed by atoms with van der Waals surface area (Å²) in [4.78, 5) is 20.7. The molecule has 51 heavy (non-hydrogen) atoms. The third-order valence-electron chi connectivity index (χ3n) is 9.37. The van der Waals surface area contributed by atoms with E-state index in [1.807, 2.05) is 44.4 Å². The minimum atomic E-state index is -1.00. The first-order valence-corrected chi connectivity index (χ1v) is 18.0. The fourth-order valence-corrected chi connectivity index (χ4v) is 6.62. The van der Waals surface area contributed by atoms with Crippen LogP contribution in [0.15, 0.2) is 73.8 Å². The van der Waals surface area contributed by atoms with Crippen LogP contribution in [0.4, 0.5) is 5.82 Å². The molecule has 1 fully saturated rings. The first kappa shape index (κ1) is 37.8. The lowest BCUT2D eigenvalue weighted by molar-refractivity contribution is -0.164. The Kier molecular flexibility index (Phi) is 11.7. The molecule has 272 valence electrons. The fourth-order valence-electron chi connectivity index (χ4n) is 6.62. The van der Waals surface area contributed by atoms with Crippen LogP contribution in [0.5, 0.6) is 5.75 Å². The first-order chi connectivity index (χ1) is 24.3. The number of methoxy groups -OCH3 is 1. The maximum absolute atomic E-state index is 13.4. The molecular formula is C42H54N4O5. The van der Waals surface area contributed by atoms with Crippen LogP contribution in [0.3, 0.4) is 0 Å². The van der Waals surface area contributed by atoms with Gasteiger partial charge >= 0.3 is 5.97 Å². The van der Waals surface area contributed by atoms with Crippen LogP contribution in [0.2, 0.25) is 0 Å². The number of carbonyl (C=O) groups is 1. The summed E-state index contributed by atoms with van der Waals surface area (Å²) in [6.07, 6.45) is 5.90. The normalized spacial score (nSPS) is 15.7. The summed E-state index contributed by atoms with van der Waals surface area (Å²) in [5.41, 5.74) is 6.09. The quantitative estimate of drug-likeness (QED) is 0.0956. The number of piperidine rings is 1. The number of carbonyl (C=O) groups excluding carboxylic acids is 1. The molecule has 0 bridgehead atoms. The highest BCUT2D eigenvalue weighted by Crippen LogP contribution is 2.40. The molecule has 1 aliphatic heterocycles. The summed E-state index contributed by atoms with van der Waals surface area (Å²) >= 11 is 0. The second-order valence-corrected chi connectivity index (χ2v) is 14.6. The first-order valence-electron chi connectivity index (χ1n) is 18.0. The summed E-state index contributed by atoms with van der Waals surface area (Å²) < 4.78 is 26.2. The molecule has 0 amide bonds. The zero-order valence-electron chi connectivity index (χ0n) is 31.6. The Bertz CT molecular complexity index is 1870. The Labute approximate surface area is 303 Å². The zero-order chi connectivity index (χ0) is 36.9. The van der Waals surface area contributed by atoms with E-state index in [-0.39, 0.29) is 11.7 Å². The van der Waals surface area contributed by atoms with Crippen molar-refractivity contribution in [3.05, 3.63) is 90.7 Å². The topological polar surface area (TPSA) is 87.4 Å². The lowest BCUT2D eigenvalue weighted by atomic mass is 9.92. The van der Waals surface area contributed by atoms with Gasteiger partial charge in [-0.15, -0.1) is 13.2 Å². The van der Waals surface area contributed by atoms with Crippen molar-refractivity contribution < 1.29 is 23.7 Å². The van der Waals surface area contributed by atoms with Gasteiger partial charge in [-0.1, -0.05) is 43.3 Å². The Balaban J connectivity index is 1.65. The van der Waals surface area contributed by atoms with Gasteiger partial charge in [0.1, 0.15) is 11.6 Å². The van der Waals surface area contributed by atoms with Gasteiger partial charge in [0.2, 0.25) is 0 Å². The number of nitrogens with zero attached hydrogens (tertiary/aromatic N) is 4. The van der Waals surface area contributed by atoms with E-state index in [9.17, 15) is 4.79 Å². The molecule has 0 saturated carbocycles. The molecule has 2 atom stereocenters. The van der Waals surface area contributed by atoms with Crippen molar-refractivity contribution in [1.82, 2.24) is 14.6 Å². The molecule has 0 aliphatic carbocycles. The van der Waals surface area contributed by atoms with Crippen molar-refractivity contribution >= 4 is 17.4 Å². The van der Waals surface area contributed by atoms with Crippen LogP contribution in [0.25, 0.3) is 28.0 Å². The second-order valence-electron chi connectivity index (χ2n) is 14.6. The molecule has 2 aromatic carbocycles. The minimum Gasteiger partial charge on any atom is -0.490 e. The third kappa shape index (κ3) is 8.71. The van der Waals surface area contributed by atoms with Crippen LogP contribution >= 0.6 is 0 Å². The molecule has 0 spiro atoms. The van der Waals surface area contributed by atoms with Crippen LogP contribution in [-0.2, 0) is 25.4 Å². The average Bonchev–Trinajstić information content (AvgIpc) is 3.53. The third-order valence-corrected chi connectivity index (χ3v) is 9.37. The van der Waals surface area contributed by atoms with Gasteiger partial charge in [0.05, 0.1) is 42.3 Å². The lowest BCUT2D eigenvalue weighted by Gasteiger charge is -2.41. The Morgan fingerprint density at radius 3 is 2.43 bits per heavy atom. The maximum Gasteiger partial charge on any atom is 0.339 e. The SMILES string of the molecule is C=CCOC1(C)CCN(c2c(C(OC(C)(C)C)C(=O)OC)c(C)nc3cc(-c4cccc(-c5cc(CC)ccc5OC(C)CC=C)c4)nn23)CC1. The number of aromatic nitrogens is 3. The molecule has 1 saturated heterocycles. The molecule has 9 nitrogen and oxygen atoms in total. The molecule has 0 N–H and O–H groups in total. The van der Waals surface area contributed by atoms with Crippen molar-refractivity contribution in [3.8, 4) is 28.1 Å². The van der Waals surface area contributed by atoms with Crippen molar-refractivity contribution in [2.45, 2.75) is 97.6 Å². The molecule has 3 heterocycles. The van der Waals surface area contributed by atoms with Gasteiger partial charge in [-0.25, -0.2) is 9.78 Å². The van der Waals surface area contributed by atoms with Crippen molar-refractivity contribution in [2.75, 3.05) is 31.7 Å². The Morgan fingerprint density at radius 1 is 1.06 bits per heavy atom. The van der Waals surface area contributed by atoms with Crippen LogP contribution in [-0.4, -0.2) is 64.7 Å². The minimum absolute atomic E-state index is 0.00504. The number of ether oxygens (including phenoxy) is 4. The highest BCUT2D eigenvalue weighted by atomic mass is 16.6. The van der Waals surface area contributed by atoms with E-state index in [2.05, 4.69) is 81.3 Å². The van der Waals surface area contributed by atoms with Gasteiger partial charge in [0.15, 0.2) is 11.8 Å². The van der Waals surface area contributed by atoms with Gasteiger partial charge in [0.25, 0.3) is 0 Å². The molecule has 1 aliphatic rings. The molecule has 2 unspecified atom stereocenters. The Morgan fingerprint density at radius 2 is 1.78 bits per heavy atom. The second kappa shape index (κ2) is 15.8. The van der Waals surface area contributed by atoms with Crippen LogP contribution < -0.4 is 9.64 Å². The number of aryl methyl sites for hydroxylation is 2. The average molecular weight is 695 g/mol. The Hall–Kier alpha value is -4.47. The summed E-state index contributed by atoms with van der Waals surface area (Å²) in [5, 5.41) is 5.19. The summed E-state index contributed by atoms with van der Waals surface area (Å²) in [6, 6.07) is 16.8. The fraction of sp³-hybridized carbons (Fsp3) is 0.452. The van der Waals surface area contributed by atoms with Gasteiger partial charge in [0, 0.05) is 42.4 Å². The summed E-state index contributed by atoms with van der Waals surface area (Å²) in [7, 11) is 1.39. The lowest BCUT2D eigenvalue weighted by Crippen LogP contribution is -2.45. The van der Waals surface area contributed by atoms with E-state index in [0.29, 0.717) is 36.6 Å². The molecule has 9 heteroatoms. The van der Waals surface area contributed by atoms with Crippen molar-refractivity contribution in [1.29, 1.82) is 0 Å².